The zero-order chi connectivity index (χ0) is 22.5. The van der Waals surface area contributed by atoms with Crippen molar-refractivity contribution in [2.24, 2.45) is 34.5 Å². The van der Waals surface area contributed by atoms with E-state index >= 15 is 0 Å². The van der Waals surface area contributed by atoms with Gasteiger partial charge in [0, 0.05) is 6.54 Å². The Morgan fingerprint density at radius 2 is 1.84 bits per heavy atom. The standard InChI is InChI=1S/C28H43NO3/c1-19(30)23-8-9-24-22-7-6-20-18-21(32-26(31)12-17-29-15-4-5-16-29)10-13-27(20,2)25(22)11-14-28(23,24)3/h8,20-22,24-25H,4-7,9-18H2,1-3H3/t20-,21+,22-,24-,25-,27-,28+/m0/s1. The summed E-state index contributed by atoms with van der Waals surface area (Å²) in [6.07, 6.45) is 14.9. The van der Waals surface area contributed by atoms with E-state index in [9.17, 15) is 9.59 Å². The molecule has 0 bridgehead atoms. The van der Waals surface area contributed by atoms with Gasteiger partial charge in [-0.25, -0.2) is 0 Å². The largest absolute Gasteiger partial charge is 0.462 e. The van der Waals surface area contributed by atoms with Crippen LogP contribution in [0.3, 0.4) is 0 Å². The number of carbonyl (C=O) groups excluding carboxylic acids is 2. The fourth-order valence-corrected chi connectivity index (χ4v) is 8.94. The van der Waals surface area contributed by atoms with Crippen LogP contribution in [0.25, 0.3) is 0 Å². The van der Waals surface area contributed by atoms with Crippen molar-refractivity contribution < 1.29 is 14.3 Å². The Balaban J connectivity index is 1.20. The van der Waals surface area contributed by atoms with Crippen molar-refractivity contribution in [2.75, 3.05) is 19.6 Å². The summed E-state index contributed by atoms with van der Waals surface area (Å²) in [6, 6.07) is 0. The average molecular weight is 442 g/mol. The van der Waals surface area contributed by atoms with E-state index in [0.717, 1.165) is 56.3 Å². The molecule has 1 heterocycles. The Hall–Kier alpha value is -1.16. The van der Waals surface area contributed by atoms with Gasteiger partial charge in [-0.2, -0.15) is 0 Å². The van der Waals surface area contributed by atoms with Gasteiger partial charge in [0.15, 0.2) is 5.78 Å². The first-order valence-corrected chi connectivity index (χ1v) is 13.4. The Morgan fingerprint density at radius 3 is 2.59 bits per heavy atom. The van der Waals surface area contributed by atoms with Crippen LogP contribution in [-0.4, -0.2) is 42.4 Å². The minimum Gasteiger partial charge on any atom is -0.462 e. The summed E-state index contributed by atoms with van der Waals surface area (Å²) in [7, 11) is 0. The summed E-state index contributed by atoms with van der Waals surface area (Å²) in [5, 5.41) is 0. The number of carbonyl (C=O) groups is 2. The summed E-state index contributed by atoms with van der Waals surface area (Å²) in [6.45, 7) is 9.84. The molecule has 5 aliphatic rings. The fraction of sp³-hybridized carbons (Fsp3) is 0.857. The van der Waals surface area contributed by atoms with E-state index in [1.165, 1.54) is 44.9 Å². The van der Waals surface area contributed by atoms with E-state index in [0.29, 0.717) is 29.5 Å². The highest BCUT2D eigenvalue weighted by Gasteiger charge is 2.59. The van der Waals surface area contributed by atoms with Crippen LogP contribution in [0, 0.1) is 34.5 Å². The van der Waals surface area contributed by atoms with Gasteiger partial charge in [0.25, 0.3) is 0 Å². The molecule has 3 saturated carbocycles. The van der Waals surface area contributed by atoms with Crippen LogP contribution in [0.2, 0.25) is 0 Å². The molecule has 4 aliphatic carbocycles. The number of likely N-dealkylation sites (tertiary alicyclic amines) is 1. The van der Waals surface area contributed by atoms with Gasteiger partial charge in [0.1, 0.15) is 6.10 Å². The van der Waals surface area contributed by atoms with Gasteiger partial charge in [0.05, 0.1) is 6.42 Å². The molecule has 1 aliphatic heterocycles. The van der Waals surface area contributed by atoms with Crippen molar-refractivity contribution in [1.82, 2.24) is 4.90 Å². The molecule has 5 rings (SSSR count). The van der Waals surface area contributed by atoms with Gasteiger partial charge >= 0.3 is 5.97 Å². The Labute approximate surface area is 194 Å². The van der Waals surface area contributed by atoms with Gasteiger partial charge in [-0.15, -0.1) is 0 Å². The maximum atomic E-state index is 12.5. The Kier molecular flexibility index (Phi) is 6.05. The quantitative estimate of drug-likeness (QED) is 0.525. The van der Waals surface area contributed by atoms with Gasteiger partial charge in [0.2, 0.25) is 0 Å². The summed E-state index contributed by atoms with van der Waals surface area (Å²) in [4.78, 5) is 27.2. The monoisotopic (exact) mass is 441 g/mol. The second kappa shape index (κ2) is 8.56. The number of ketones is 1. The molecule has 0 radical (unpaired) electrons. The molecule has 0 unspecified atom stereocenters. The first-order valence-electron chi connectivity index (χ1n) is 13.4. The average Bonchev–Trinajstić information content (AvgIpc) is 3.39. The fourth-order valence-electron chi connectivity index (χ4n) is 8.94. The van der Waals surface area contributed by atoms with Gasteiger partial charge < -0.3 is 9.64 Å². The molecule has 7 atom stereocenters. The normalized spacial score (nSPS) is 43.7. The lowest BCUT2D eigenvalue weighted by Gasteiger charge is -2.60. The van der Waals surface area contributed by atoms with Crippen LogP contribution in [0.1, 0.15) is 91.4 Å². The number of hydrogen-bond acceptors (Lipinski definition) is 4. The van der Waals surface area contributed by atoms with Gasteiger partial charge in [-0.05, 0) is 124 Å². The zero-order valence-corrected chi connectivity index (χ0v) is 20.5. The molecular weight excluding hydrogens is 398 g/mol. The first kappa shape index (κ1) is 22.6. The van der Waals surface area contributed by atoms with Gasteiger partial charge in [-0.3, -0.25) is 9.59 Å². The number of ether oxygens (including phenoxy) is 1. The molecule has 4 nitrogen and oxygen atoms in total. The third-order valence-electron chi connectivity index (χ3n) is 10.7. The van der Waals surface area contributed by atoms with Crippen molar-refractivity contribution in [2.45, 2.75) is 97.5 Å². The van der Waals surface area contributed by atoms with Crippen LogP contribution in [-0.2, 0) is 14.3 Å². The second-order valence-corrected chi connectivity index (χ2v) is 12.2. The first-order chi connectivity index (χ1) is 15.3. The number of Topliss-reactive ketones (excluding diaryl/α,β-unsaturated/α-hetero) is 1. The number of hydrogen-bond donors (Lipinski definition) is 0. The van der Waals surface area contributed by atoms with Crippen molar-refractivity contribution in [3.8, 4) is 0 Å². The highest BCUT2D eigenvalue weighted by Crippen LogP contribution is 2.66. The molecule has 178 valence electrons. The topological polar surface area (TPSA) is 46.6 Å². The third-order valence-corrected chi connectivity index (χ3v) is 10.7. The number of fused-ring (bicyclic) bond motifs is 5. The van der Waals surface area contributed by atoms with Crippen LogP contribution >= 0.6 is 0 Å². The molecule has 4 fully saturated rings. The smallest absolute Gasteiger partial charge is 0.307 e. The molecule has 4 heteroatoms. The van der Waals surface area contributed by atoms with Crippen LogP contribution < -0.4 is 0 Å². The van der Waals surface area contributed by atoms with E-state index in [2.05, 4.69) is 24.8 Å². The predicted molar refractivity (Wildman–Crippen MR) is 126 cm³/mol. The molecule has 32 heavy (non-hydrogen) atoms. The molecule has 0 amide bonds. The lowest BCUT2D eigenvalue weighted by Crippen LogP contribution is -2.54. The number of esters is 1. The minimum absolute atomic E-state index is 0.0152. The highest BCUT2D eigenvalue weighted by molar-refractivity contribution is 5.95. The summed E-state index contributed by atoms with van der Waals surface area (Å²) < 4.78 is 6.00. The lowest BCUT2D eigenvalue weighted by atomic mass is 9.44. The number of rotatable bonds is 5. The van der Waals surface area contributed by atoms with Crippen LogP contribution in [0.15, 0.2) is 11.6 Å². The summed E-state index contributed by atoms with van der Waals surface area (Å²) >= 11 is 0. The Bertz CT molecular complexity index is 784. The second-order valence-electron chi connectivity index (χ2n) is 12.2. The van der Waals surface area contributed by atoms with E-state index in [1.807, 2.05) is 0 Å². The van der Waals surface area contributed by atoms with Crippen LogP contribution in [0.5, 0.6) is 0 Å². The summed E-state index contributed by atoms with van der Waals surface area (Å²) in [5.74, 6) is 3.16. The van der Waals surface area contributed by atoms with Crippen LogP contribution in [0.4, 0.5) is 0 Å². The molecule has 0 aromatic rings. The molecule has 0 N–H and O–H groups in total. The molecular formula is C28H43NO3. The van der Waals surface area contributed by atoms with E-state index in [1.54, 1.807) is 6.92 Å². The van der Waals surface area contributed by atoms with E-state index in [4.69, 9.17) is 4.74 Å². The number of nitrogens with zero attached hydrogens (tertiary/aromatic N) is 1. The van der Waals surface area contributed by atoms with E-state index in [-0.39, 0.29) is 17.5 Å². The Morgan fingerprint density at radius 1 is 1.06 bits per heavy atom. The maximum Gasteiger partial charge on any atom is 0.307 e. The van der Waals surface area contributed by atoms with Crippen molar-refractivity contribution in [3.05, 3.63) is 11.6 Å². The maximum absolute atomic E-state index is 12.5. The SMILES string of the molecule is CC(=O)C1=CC[C@H]2[C@@H]3CC[C@H]4C[C@H](OC(=O)CCN5CCCC5)CC[C@]4(C)[C@H]3CC[C@]12C. The summed E-state index contributed by atoms with van der Waals surface area (Å²) in [5.41, 5.74) is 1.61. The third kappa shape index (κ3) is 3.79. The zero-order valence-electron chi connectivity index (χ0n) is 20.5. The molecule has 1 saturated heterocycles. The highest BCUT2D eigenvalue weighted by atomic mass is 16.5. The van der Waals surface area contributed by atoms with Gasteiger partial charge in [-0.1, -0.05) is 19.9 Å². The lowest BCUT2D eigenvalue weighted by molar-refractivity contribution is -0.161. The van der Waals surface area contributed by atoms with E-state index < -0.39 is 0 Å². The van der Waals surface area contributed by atoms with Crippen molar-refractivity contribution in [1.29, 1.82) is 0 Å². The molecule has 0 aromatic heterocycles. The van der Waals surface area contributed by atoms with Crippen molar-refractivity contribution >= 4 is 11.8 Å². The van der Waals surface area contributed by atoms with Crippen molar-refractivity contribution in [3.63, 3.8) is 0 Å². The molecule has 0 spiro atoms. The minimum atomic E-state index is 0.0152. The predicted octanol–water partition coefficient (Wildman–Crippen LogP) is 5.55. The molecule has 0 aromatic carbocycles. The number of allylic oxidation sites excluding steroid dienone is 2.